The van der Waals surface area contributed by atoms with Crippen LogP contribution in [0.25, 0.3) is 0 Å². The van der Waals surface area contributed by atoms with Crippen LogP contribution >= 0.6 is 0 Å². The van der Waals surface area contributed by atoms with Gasteiger partial charge in [-0.15, -0.1) is 0 Å². The van der Waals surface area contributed by atoms with Gasteiger partial charge in [-0.3, -0.25) is 4.79 Å². The van der Waals surface area contributed by atoms with Crippen LogP contribution in [0.3, 0.4) is 0 Å². The fraction of sp³-hybridized carbons (Fsp3) is 0.588. The lowest BCUT2D eigenvalue weighted by Crippen LogP contribution is -2.25. The van der Waals surface area contributed by atoms with Gasteiger partial charge in [-0.05, 0) is 56.2 Å². The monoisotopic (exact) mass is 272 g/mol. The molecule has 2 unspecified atom stereocenters. The number of nitrogens with one attached hydrogen (secondary N) is 2. The quantitative estimate of drug-likeness (QED) is 0.860. The smallest absolute Gasteiger partial charge is 0.251 e. The average Bonchev–Trinajstić information content (AvgIpc) is 3.16. The van der Waals surface area contributed by atoms with Crippen LogP contribution in [0.15, 0.2) is 24.3 Å². The van der Waals surface area contributed by atoms with E-state index in [4.69, 9.17) is 0 Å². The summed E-state index contributed by atoms with van der Waals surface area (Å²) in [5, 5.41) is 6.63. The lowest BCUT2D eigenvalue weighted by molar-refractivity contribution is 0.0951. The van der Waals surface area contributed by atoms with E-state index < -0.39 is 0 Å². The Morgan fingerprint density at radius 2 is 2.00 bits per heavy atom. The Bertz CT molecular complexity index is 482. The van der Waals surface area contributed by atoms with Crippen LogP contribution in [0.4, 0.5) is 5.69 Å². The maximum atomic E-state index is 12.0. The van der Waals surface area contributed by atoms with Gasteiger partial charge in [0.1, 0.15) is 0 Å². The average molecular weight is 272 g/mol. The van der Waals surface area contributed by atoms with E-state index in [1.807, 2.05) is 18.2 Å². The molecule has 2 atom stereocenters. The van der Waals surface area contributed by atoms with E-state index in [1.54, 1.807) is 0 Å². The molecule has 2 aliphatic carbocycles. The standard InChI is InChI=1S/C17H24N2O/c1-2-12-6-7-16(10-12)18-15-5-3-4-13(11-15)17(20)19-14-8-9-14/h3-5,11-12,14,16,18H,2,6-10H2,1H3,(H,19,20). The van der Waals surface area contributed by atoms with Crippen molar-refractivity contribution in [1.82, 2.24) is 5.32 Å². The van der Waals surface area contributed by atoms with Crippen LogP contribution in [0.2, 0.25) is 0 Å². The van der Waals surface area contributed by atoms with Gasteiger partial charge < -0.3 is 10.6 Å². The maximum absolute atomic E-state index is 12.0. The van der Waals surface area contributed by atoms with Gasteiger partial charge in [-0.2, -0.15) is 0 Å². The van der Waals surface area contributed by atoms with Crippen LogP contribution in [0.5, 0.6) is 0 Å². The largest absolute Gasteiger partial charge is 0.382 e. The van der Waals surface area contributed by atoms with E-state index in [0.717, 1.165) is 30.0 Å². The molecule has 0 radical (unpaired) electrons. The summed E-state index contributed by atoms with van der Waals surface area (Å²) in [6.07, 6.45) is 7.37. The van der Waals surface area contributed by atoms with Crippen molar-refractivity contribution in [2.45, 2.75) is 57.5 Å². The highest BCUT2D eigenvalue weighted by atomic mass is 16.1. The van der Waals surface area contributed by atoms with E-state index in [2.05, 4.69) is 23.6 Å². The number of hydrogen-bond acceptors (Lipinski definition) is 2. The topological polar surface area (TPSA) is 41.1 Å². The minimum absolute atomic E-state index is 0.0639. The Balaban J connectivity index is 1.60. The lowest BCUT2D eigenvalue weighted by Gasteiger charge is -2.15. The Morgan fingerprint density at radius 3 is 2.70 bits per heavy atom. The summed E-state index contributed by atoms with van der Waals surface area (Å²) in [6.45, 7) is 2.27. The fourth-order valence-corrected chi connectivity index (χ4v) is 3.06. The van der Waals surface area contributed by atoms with Gasteiger partial charge in [-0.1, -0.05) is 19.4 Å². The lowest BCUT2D eigenvalue weighted by atomic mass is 10.1. The molecule has 0 aliphatic heterocycles. The van der Waals surface area contributed by atoms with Gasteiger partial charge in [0.05, 0.1) is 0 Å². The number of anilines is 1. The summed E-state index contributed by atoms with van der Waals surface area (Å²) in [4.78, 5) is 12.0. The summed E-state index contributed by atoms with van der Waals surface area (Å²) < 4.78 is 0. The zero-order chi connectivity index (χ0) is 13.9. The second-order valence-electron chi connectivity index (χ2n) is 6.26. The van der Waals surface area contributed by atoms with Gasteiger partial charge >= 0.3 is 0 Å². The predicted molar refractivity (Wildman–Crippen MR) is 82.0 cm³/mol. The molecular weight excluding hydrogens is 248 g/mol. The molecule has 2 saturated carbocycles. The number of rotatable bonds is 5. The summed E-state index contributed by atoms with van der Waals surface area (Å²) in [6, 6.07) is 8.90. The summed E-state index contributed by atoms with van der Waals surface area (Å²) >= 11 is 0. The van der Waals surface area contributed by atoms with E-state index in [-0.39, 0.29) is 5.91 Å². The summed E-state index contributed by atoms with van der Waals surface area (Å²) in [5.74, 6) is 0.933. The molecule has 0 heterocycles. The predicted octanol–water partition coefficient (Wildman–Crippen LogP) is 3.57. The molecule has 0 spiro atoms. The second-order valence-corrected chi connectivity index (χ2v) is 6.26. The normalized spacial score (nSPS) is 25.4. The van der Waals surface area contributed by atoms with Crippen LogP contribution < -0.4 is 10.6 Å². The highest BCUT2D eigenvalue weighted by Crippen LogP contribution is 2.30. The van der Waals surface area contributed by atoms with Crippen molar-refractivity contribution in [1.29, 1.82) is 0 Å². The third-order valence-corrected chi connectivity index (χ3v) is 4.53. The van der Waals surface area contributed by atoms with E-state index in [0.29, 0.717) is 12.1 Å². The van der Waals surface area contributed by atoms with E-state index in [1.165, 1.54) is 25.7 Å². The molecule has 1 aromatic rings. The Kier molecular flexibility index (Phi) is 3.95. The number of carbonyl (C=O) groups excluding carboxylic acids is 1. The van der Waals surface area contributed by atoms with E-state index in [9.17, 15) is 4.79 Å². The van der Waals surface area contributed by atoms with Crippen molar-refractivity contribution >= 4 is 11.6 Å². The maximum Gasteiger partial charge on any atom is 0.251 e. The molecule has 3 rings (SSSR count). The SMILES string of the molecule is CCC1CCC(Nc2cccc(C(=O)NC3CC3)c2)C1. The van der Waals surface area contributed by atoms with Crippen LogP contribution in [0.1, 0.15) is 55.8 Å². The molecule has 3 heteroatoms. The zero-order valence-corrected chi connectivity index (χ0v) is 12.2. The van der Waals surface area contributed by atoms with E-state index >= 15 is 0 Å². The number of carbonyl (C=O) groups is 1. The Morgan fingerprint density at radius 1 is 1.20 bits per heavy atom. The van der Waals surface area contributed by atoms with Gasteiger partial charge in [-0.25, -0.2) is 0 Å². The van der Waals surface area contributed by atoms with Crippen molar-refractivity contribution in [2.75, 3.05) is 5.32 Å². The third kappa shape index (κ3) is 3.33. The molecule has 3 nitrogen and oxygen atoms in total. The van der Waals surface area contributed by atoms with Crippen molar-refractivity contribution in [2.24, 2.45) is 5.92 Å². The summed E-state index contributed by atoms with van der Waals surface area (Å²) in [5.41, 5.74) is 1.85. The molecule has 0 saturated heterocycles. The van der Waals surface area contributed by atoms with Crippen LogP contribution in [-0.2, 0) is 0 Å². The van der Waals surface area contributed by atoms with Crippen molar-refractivity contribution in [3.63, 3.8) is 0 Å². The van der Waals surface area contributed by atoms with Gasteiger partial charge in [0.2, 0.25) is 0 Å². The first-order chi connectivity index (χ1) is 9.74. The molecule has 2 N–H and O–H groups in total. The Hall–Kier alpha value is -1.51. The highest BCUT2D eigenvalue weighted by Gasteiger charge is 2.25. The molecule has 2 fully saturated rings. The number of benzene rings is 1. The minimum atomic E-state index is 0.0639. The number of hydrogen-bond donors (Lipinski definition) is 2. The molecule has 0 aromatic heterocycles. The molecule has 1 amide bonds. The fourth-order valence-electron chi connectivity index (χ4n) is 3.06. The first kappa shape index (κ1) is 13.5. The molecular formula is C17H24N2O. The molecule has 2 aliphatic rings. The molecule has 1 aromatic carbocycles. The first-order valence-electron chi connectivity index (χ1n) is 7.92. The molecule has 108 valence electrons. The van der Waals surface area contributed by atoms with Gasteiger partial charge in [0.25, 0.3) is 5.91 Å². The zero-order valence-electron chi connectivity index (χ0n) is 12.2. The minimum Gasteiger partial charge on any atom is -0.382 e. The van der Waals surface area contributed by atoms with Crippen molar-refractivity contribution < 1.29 is 4.79 Å². The first-order valence-corrected chi connectivity index (χ1v) is 7.92. The van der Waals surface area contributed by atoms with Gasteiger partial charge in [0, 0.05) is 23.3 Å². The van der Waals surface area contributed by atoms with Crippen molar-refractivity contribution in [3.05, 3.63) is 29.8 Å². The highest BCUT2D eigenvalue weighted by molar-refractivity contribution is 5.95. The second kappa shape index (κ2) is 5.86. The van der Waals surface area contributed by atoms with Crippen LogP contribution in [0, 0.1) is 5.92 Å². The van der Waals surface area contributed by atoms with Gasteiger partial charge in [0.15, 0.2) is 0 Å². The number of amides is 1. The third-order valence-electron chi connectivity index (χ3n) is 4.53. The molecule has 0 bridgehead atoms. The summed E-state index contributed by atoms with van der Waals surface area (Å²) in [7, 11) is 0. The van der Waals surface area contributed by atoms with Crippen LogP contribution in [-0.4, -0.2) is 18.0 Å². The van der Waals surface area contributed by atoms with Crippen molar-refractivity contribution in [3.8, 4) is 0 Å². The molecule has 20 heavy (non-hydrogen) atoms. The Labute approximate surface area is 121 Å².